The normalized spacial score (nSPS) is 27.7. The lowest BCUT2D eigenvalue weighted by Gasteiger charge is -2.41. The van der Waals surface area contributed by atoms with Crippen LogP contribution in [0.1, 0.15) is 51.9 Å². The highest BCUT2D eigenvalue weighted by molar-refractivity contribution is 14.0. The zero-order chi connectivity index (χ0) is 13.8. The number of halogens is 1. The number of hydrogen-bond acceptors (Lipinski definition) is 2. The van der Waals surface area contributed by atoms with Crippen LogP contribution < -0.4 is 10.6 Å². The fourth-order valence-electron chi connectivity index (χ4n) is 3.62. The quantitative estimate of drug-likeness (QED) is 0.389. The fourth-order valence-corrected chi connectivity index (χ4v) is 4.82. The predicted octanol–water partition coefficient (Wildman–Crippen LogP) is 3.64. The van der Waals surface area contributed by atoms with E-state index in [-0.39, 0.29) is 24.0 Å². The predicted molar refractivity (Wildman–Crippen MR) is 104 cm³/mol. The molecule has 1 atom stereocenters. The van der Waals surface area contributed by atoms with Crippen molar-refractivity contribution in [3.63, 3.8) is 0 Å². The van der Waals surface area contributed by atoms with E-state index >= 15 is 0 Å². The summed E-state index contributed by atoms with van der Waals surface area (Å²) in [6.45, 7) is 5.24. The molecule has 21 heavy (non-hydrogen) atoms. The third-order valence-corrected chi connectivity index (χ3v) is 6.61. The molecule has 3 fully saturated rings. The first-order chi connectivity index (χ1) is 9.82. The van der Waals surface area contributed by atoms with Crippen LogP contribution in [0.4, 0.5) is 0 Å². The lowest BCUT2D eigenvalue weighted by atomic mass is 9.65. The minimum absolute atomic E-state index is 0. The standard InChI is InChI=1S/C16H29N3S.HI/c1-2-17-15(18-11-14-5-3-10-20-14)19-12-16(8-4-9-16)13-6-7-13;/h13-14H,2-12H2,1H3,(H2,17,18,19);1H. The molecule has 3 rings (SSSR count). The SMILES string of the molecule is CCNC(=NCC1(C2CC2)CCC1)NCC1CCCS1.I. The van der Waals surface area contributed by atoms with Gasteiger partial charge in [0.25, 0.3) is 0 Å². The average Bonchev–Trinajstić information content (AvgIpc) is 3.11. The number of hydrogen-bond donors (Lipinski definition) is 2. The van der Waals surface area contributed by atoms with Gasteiger partial charge in [0.1, 0.15) is 0 Å². The molecule has 0 bridgehead atoms. The molecular formula is C16H30IN3S. The Morgan fingerprint density at radius 1 is 1.19 bits per heavy atom. The molecule has 1 unspecified atom stereocenters. The molecule has 0 aromatic rings. The molecule has 5 heteroatoms. The maximum atomic E-state index is 4.92. The van der Waals surface area contributed by atoms with Crippen LogP contribution in [0.2, 0.25) is 0 Å². The summed E-state index contributed by atoms with van der Waals surface area (Å²) < 4.78 is 0. The van der Waals surface area contributed by atoms with Crippen molar-refractivity contribution < 1.29 is 0 Å². The van der Waals surface area contributed by atoms with Gasteiger partial charge in [0.2, 0.25) is 0 Å². The van der Waals surface area contributed by atoms with Crippen LogP contribution >= 0.6 is 35.7 Å². The van der Waals surface area contributed by atoms with Crippen molar-refractivity contribution in [3.05, 3.63) is 0 Å². The number of rotatable bonds is 6. The van der Waals surface area contributed by atoms with Crippen LogP contribution in [0.15, 0.2) is 4.99 Å². The van der Waals surface area contributed by atoms with Crippen molar-refractivity contribution in [3.8, 4) is 0 Å². The van der Waals surface area contributed by atoms with E-state index in [2.05, 4.69) is 29.3 Å². The summed E-state index contributed by atoms with van der Waals surface area (Å²) >= 11 is 2.11. The van der Waals surface area contributed by atoms with Crippen molar-refractivity contribution in [2.45, 2.75) is 57.1 Å². The summed E-state index contributed by atoms with van der Waals surface area (Å²) in [4.78, 5) is 4.92. The van der Waals surface area contributed by atoms with Crippen LogP contribution in [0, 0.1) is 11.3 Å². The van der Waals surface area contributed by atoms with E-state index < -0.39 is 0 Å². The van der Waals surface area contributed by atoms with Crippen LogP contribution in [-0.4, -0.2) is 36.6 Å². The third-order valence-electron chi connectivity index (χ3n) is 5.21. The Hall–Kier alpha value is 0.350. The van der Waals surface area contributed by atoms with Gasteiger partial charge >= 0.3 is 0 Å². The van der Waals surface area contributed by atoms with Crippen molar-refractivity contribution in [1.82, 2.24) is 10.6 Å². The minimum atomic E-state index is 0. The van der Waals surface area contributed by atoms with Gasteiger partial charge in [-0.2, -0.15) is 11.8 Å². The third kappa shape index (κ3) is 4.66. The summed E-state index contributed by atoms with van der Waals surface area (Å²) in [5.74, 6) is 3.38. The van der Waals surface area contributed by atoms with Crippen LogP contribution in [0.25, 0.3) is 0 Å². The second kappa shape index (κ2) is 8.27. The maximum absolute atomic E-state index is 4.92. The molecule has 0 radical (unpaired) electrons. The lowest BCUT2D eigenvalue weighted by molar-refractivity contribution is 0.113. The lowest BCUT2D eigenvalue weighted by Crippen LogP contribution is -2.42. The summed E-state index contributed by atoms with van der Waals surface area (Å²) in [6, 6.07) is 0. The summed E-state index contributed by atoms with van der Waals surface area (Å²) in [5.41, 5.74) is 0.588. The molecule has 1 heterocycles. The van der Waals surface area contributed by atoms with Crippen molar-refractivity contribution in [2.75, 3.05) is 25.4 Å². The zero-order valence-corrected chi connectivity index (χ0v) is 16.3. The average molecular weight is 423 g/mol. The van der Waals surface area contributed by atoms with E-state index in [1.54, 1.807) is 0 Å². The Kier molecular flexibility index (Phi) is 6.97. The molecule has 0 aromatic heterocycles. The molecule has 0 aromatic carbocycles. The first-order valence-corrected chi connectivity index (χ1v) is 9.51. The van der Waals surface area contributed by atoms with Crippen molar-refractivity contribution >= 4 is 41.7 Å². The van der Waals surface area contributed by atoms with E-state index in [0.29, 0.717) is 5.41 Å². The fraction of sp³-hybridized carbons (Fsp3) is 0.938. The van der Waals surface area contributed by atoms with E-state index in [9.17, 15) is 0 Å². The van der Waals surface area contributed by atoms with E-state index in [1.807, 2.05) is 0 Å². The highest BCUT2D eigenvalue weighted by Crippen LogP contribution is 2.57. The molecule has 0 amide bonds. The Labute approximate surface area is 150 Å². The van der Waals surface area contributed by atoms with Gasteiger partial charge in [-0.05, 0) is 62.5 Å². The molecule has 2 saturated carbocycles. The molecular weight excluding hydrogens is 393 g/mol. The van der Waals surface area contributed by atoms with Gasteiger partial charge in [0.15, 0.2) is 5.96 Å². The summed E-state index contributed by atoms with van der Waals surface area (Å²) in [7, 11) is 0. The topological polar surface area (TPSA) is 36.4 Å². The second-order valence-corrected chi connectivity index (χ2v) is 8.11. The monoisotopic (exact) mass is 423 g/mol. The molecule has 0 spiro atoms. The Morgan fingerprint density at radius 3 is 2.52 bits per heavy atom. The Morgan fingerprint density at radius 2 is 2.00 bits per heavy atom. The first kappa shape index (κ1) is 17.7. The van der Waals surface area contributed by atoms with Gasteiger partial charge < -0.3 is 10.6 Å². The van der Waals surface area contributed by atoms with Crippen LogP contribution in [-0.2, 0) is 0 Å². The molecule has 2 N–H and O–H groups in total. The van der Waals surface area contributed by atoms with Gasteiger partial charge in [-0.15, -0.1) is 24.0 Å². The number of thioether (sulfide) groups is 1. The van der Waals surface area contributed by atoms with Gasteiger partial charge in [0.05, 0.1) is 0 Å². The van der Waals surface area contributed by atoms with Gasteiger partial charge in [0, 0.05) is 24.9 Å². The van der Waals surface area contributed by atoms with Crippen molar-refractivity contribution in [1.29, 1.82) is 0 Å². The van der Waals surface area contributed by atoms with Gasteiger partial charge in [-0.25, -0.2) is 0 Å². The highest BCUT2D eigenvalue weighted by atomic mass is 127. The molecule has 1 aliphatic heterocycles. The Bertz CT molecular complexity index is 347. The van der Waals surface area contributed by atoms with Crippen molar-refractivity contribution in [2.24, 2.45) is 16.3 Å². The second-order valence-electron chi connectivity index (χ2n) is 6.70. The smallest absolute Gasteiger partial charge is 0.191 e. The maximum Gasteiger partial charge on any atom is 0.191 e. The summed E-state index contributed by atoms with van der Waals surface area (Å²) in [5, 5.41) is 7.77. The number of nitrogens with one attached hydrogen (secondary N) is 2. The Balaban J connectivity index is 0.00000161. The molecule has 1 saturated heterocycles. The molecule has 3 nitrogen and oxygen atoms in total. The minimum Gasteiger partial charge on any atom is -0.357 e. The first-order valence-electron chi connectivity index (χ1n) is 8.46. The largest absolute Gasteiger partial charge is 0.357 e. The molecule has 3 aliphatic rings. The molecule has 2 aliphatic carbocycles. The van der Waals surface area contributed by atoms with E-state index in [1.165, 1.54) is 50.7 Å². The highest BCUT2D eigenvalue weighted by Gasteiger charge is 2.48. The van der Waals surface area contributed by atoms with Gasteiger partial charge in [-0.1, -0.05) is 6.42 Å². The van der Waals surface area contributed by atoms with E-state index in [4.69, 9.17) is 4.99 Å². The number of guanidine groups is 1. The molecule has 122 valence electrons. The summed E-state index contributed by atoms with van der Waals surface area (Å²) in [6.07, 6.45) is 9.92. The zero-order valence-electron chi connectivity index (χ0n) is 13.2. The number of nitrogens with zero attached hydrogens (tertiary/aromatic N) is 1. The number of aliphatic imine (C=N–C) groups is 1. The van der Waals surface area contributed by atoms with Gasteiger partial charge in [-0.3, -0.25) is 4.99 Å². The van der Waals surface area contributed by atoms with E-state index in [0.717, 1.165) is 36.8 Å². The van der Waals surface area contributed by atoms with Crippen LogP contribution in [0.5, 0.6) is 0 Å². The van der Waals surface area contributed by atoms with Crippen LogP contribution in [0.3, 0.4) is 0 Å².